The van der Waals surface area contributed by atoms with Crippen molar-refractivity contribution in [1.29, 1.82) is 0 Å². The van der Waals surface area contributed by atoms with Gasteiger partial charge in [-0.3, -0.25) is 0 Å². The minimum Gasteiger partial charge on any atom is -0.385 e. The molecule has 0 spiro atoms. The van der Waals surface area contributed by atoms with Gasteiger partial charge in [0.1, 0.15) is 0 Å². The number of nitrogens with one attached hydrogen (secondary N) is 2. The van der Waals surface area contributed by atoms with Crippen molar-refractivity contribution in [2.75, 3.05) is 29.5 Å². The van der Waals surface area contributed by atoms with Crippen molar-refractivity contribution in [2.24, 2.45) is 0 Å². The van der Waals surface area contributed by atoms with E-state index in [4.69, 9.17) is 4.98 Å². The molecule has 0 saturated carbocycles. The van der Waals surface area contributed by atoms with Gasteiger partial charge in [-0.2, -0.15) is 0 Å². The second kappa shape index (κ2) is 7.46. The Hall–Kier alpha value is -2.40. The van der Waals surface area contributed by atoms with Crippen molar-refractivity contribution < 1.29 is 0 Å². The second-order valence-corrected chi connectivity index (χ2v) is 7.37. The minimum atomic E-state index is 0.929. The van der Waals surface area contributed by atoms with Gasteiger partial charge < -0.3 is 15.2 Å². The monoisotopic (exact) mass is 364 g/mol. The summed E-state index contributed by atoms with van der Waals surface area (Å²) in [7, 11) is 0. The van der Waals surface area contributed by atoms with Gasteiger partial charge >= 0.3 is 0 Å². The van der Waals surface area contributed by atoms with Gasteiger partial charge in [0, 0.05) is 47.9 Å². The first kappa shape index (κ1) is 17.0. The lowest BCUT2D eigenvalue weighted by Gasteiger charge is -2.10. The maximum Gasteiger partial charge on any atom is 0.169 e. The van der Waals surface area contributed by atoms with Gasteiger partial charge in [0.2, 0.25) is 0 Å². The molecule has 0 saturated heterocycles. The Bertz CT molecular complexity index is 882. The third kappa shape index (κ3) is 3.19. The van der Waals surface area contributed by atoms with Crippen LogP contribution in [0, 0.1) is 0 Å². The zero-order valence-electron chi connectivity index (χ0n) is 15.2. The van der Waals surface area contributed by atoms with Crippen LogP contribution in [0.25, 0.3) is 22.5 Å². The van der Waals surface area contributed by atoms with Crippen LogP contribution < -0.4 is 10.6 Å². The number of anilines is 2. The van der Waals surface area contributed by atoms with Crippen LogP contribution in [0.3, 0.4) is 0 Å². The summed E-state index contributed by atoms with van der Waals surface area (Å²) in [5.74, 6) is 1.10. The third-order valence-electron chi connectivity index (χ3n) is 4.56. The van der Waals surface area contributed by atoms with Crippen LogP contribution in [0.1, 0.15) is 13.8 Å². The number of benzene rings is 2. The Morgan fingerprint density at radius 3 is 2.04 bits per heavy atom. The average molecular weight is 365 g/mol. The summed E-state index contributed by atoms with van der Waals surface area (Å²) in [5, 5.41) is 7.84. The van der Waals surface area contributed by atoms with Crippen LogP contribution in [-0.4, -0.2) is 28.4 Å². The summed E-state index contributed by atoms with van der Waals surface area (Å²) in [6, 6.07) is 17.3. The zero-order chi connectivity index (χ0) is 17.9. The summed E-state index contributed by atoms with van der Waals surface area (Å²) in [4.78, 5) is 4.96. The molecule has 26 heavy (non-hydrogen) atoms. The quantitative estimate of drug-likeness (QED) is 0.632. The smallest absolute Gasteiger partial charge is 0.169 e. The molecule has 2 heterocycles. The highest BCUT2D eigenvalue weighted by Gasteiger charge is 2.23. The van der Waals surface area contributed by atoms with Crippen LogP contribution in [-0.2, 0) is 6.54 Å². The zero-order valence-corrected chi connectivity index (χ0v) is 16.1. The second-order valence-electron chi connectivity index (χ2n) is 6.31. The molecule has 0 atom stereocenters. The standard InChI is InChI=1S/C21H24N4S/c1-3-22-17-9-5-15(6-10-17)19-20(25-13-14-26-21(25)24-19)16-7-11-18(12-8-16)23-4-2/h5-12,22-23H,3-4,13-14H2,1-2H3. The molecule has 0 fully saturated rings. The largest absolute Gasteiger partial charge is 0.385 e. The molecule has 0 aliphatic carbocycles. The Morgan fingerprint density at radius 1 is 0.885 bits per heavy atom. The van der Waals surface area contributed by atoms with E-state index in [1.165, 1.54) is 16.8 Å². The maximum absolute atomic E-state index is 4.96. The normalized spacial score (nSPS) is 12.8. The van der Waals surface area contributed by atoms with Crippen LogP contribution in [0.15, 0.2) is 53.7 Å². The first-order valence-electron chi connectivity index (χ1n) is 9.22. The molecule has 4 nitrogen and oxygen atoms in total. The van der Waals surface area contributed by atoms with Crippen molar-refractivity contribution in [3.8, 4) is 22.5 Å². The van der Waals surface area contributed by atoms with Crippen molar-refractivity contribution >= 4 is 23.1 Å². The van der Waals surface area contributed by atoms with E-state index < -0.39 is 0 Å². The van der Waals surface area contributed by atoms with Crippen LogP contribution in [0.5, 0.6) is 0 Å². The predicted molar refractivity (Wildman–Crippen MR) is 112 cm³/mol. The molecule has 134 valence electrons. The fraction of sp³-hybridized carbons (Fsp3) is 0.286. The number of nitrogens with zero attached hydrogens (tertiary/aromatic N) is 2. The van der Waals surface area contributed by atoms with Crippen molar-refractivity contribution in [3.05, 3.63) is 48.5 Å². The highest BCUT2D eigenvalue weighted by Crippen LogP contribution is 2.39. The van der Waals surface area contributed by atoms with Crippen molar-refractivity contribution in [3.63, 3.8) is 0 Å². The molecule has 5 heteroatoms. The third-order valence-corrected chi connectivity index (χ3v) is 5.51. The average Bonchev–Trinajstić information content (AvgIpc) is 3.25. The van der Waals surface area contributed by atoms with Crippen molar-refractivity contribution in [1.82, 2.24) is 9.55 Å². The number of thioether (sulfide) groups is 1. The first-order valence-corrected chi connectivity index (χ1v) is 10.2. The van der Waals surface area contributed by atoms with E-state index in [-0.39, 0.29) is 0 Å². The van der Waals surface area contributed by atoms with Gasteiger partial charge in [-0.1, -0.05) is 36.0 Å². The molecule has 0 radical (unpaired) electrons. The lowest BCUT2D eigenvalue weighted by atomic mass is 10.0. The maximum atomic E-state index is 4.96. The van der Waals surface area contributed by atoms with E-state index in [0.717, 1.165) is 47.6 Å². The molecule has 1 aromatic heterocycles. The van der Waals surface area contributed by atoms with Gasteiger partial charge in [0.05, 0.1) is 11.4 Å². The lowest BCUT2D eigenvalue weighted by Crippen LogP contribution is -1.99. The summed E-state index contributed by atoms with van der Waals surface area (Å²) in [5.41, 5.74) is 6.99. The SMILES string of the molecule is CCNc1ccc(-c2nc3n(c2-c2ccc(NCC)cc2)CCS3)cc1. The van der Waals surface area contributed by atoms with Crippen LogP contribution in [0.2, 0.25) is 0 Å². The minimum absolute atomic E-state index is 0.929. The van der Waals surface area contributed by atoms with Gasteiger partial charge in [0.25, 0.3) is 0 Å². The molecule has 0 amide bonds. The van der Waals surface area contributed by atoms with Crippen LogP contribution in [0.4, 0.5) is 11.4 Å². The fourth-order valence-electron chi connectivity index (χ4n) is 3.37. The summed E-state index contributed by atoms with van der Waals surface area (Å²) in [6.07, 6.45) is 0. The first-order chi connectivity index (χ1) is 12.8. The van der Waals surface area contributed by atoms with Gasteiger partial charge in [-0.15, -0.1) is 0 Å². The Labute approximate surface area is 159 Å². The molecular formula is C21H24N4S. The molecule has 1 aliphatic rings. The van der Waals surface area contributed by atoms with Gasteiger partial charge in [-0.25, -0.2) is 4.98 Å². The number of aromatic nitrogens is 2. The molecule has 4 rings (SSSR count). The molecular weight excluding hydrogens is 340 g/mol. The number of hydrogen-bond acceptors (Lipinski definition) is 4. The van der Waals surface area contributed by atoms with E-state index in [2.05, 4.69) is 77.6 Å². The Balaban J connectivity index is 1.76. The number of fused-ring (bicyclic) bond motifs is 1. The van der Waals surface area contributed by atoms with Gasteiger partial charge in [-0.05, 0) is 38.1 Å². The van der Waals surface area contributed by atoms with Gasteiger partial charge in [0.15, 0.2) is 5.16 Å². The molecule has 3 aromatic rings. The lowest BCUT2D eigenvalue weighted by molar-refractivity contribution is 0.726. The van der Waals surface area contributed by atoms with E-state index in [1.807, 2.05) is 11.8 Å². The van der Waals surface area contributed by atoms with E-state index in [1.54, 1.807) is 0 Å². The summed E-state index contributed by atoms with van der Waals surface area (Å²) in [6.45, 7) is 7.11. The number of hydrogen-bond donors (Lipinski definition) is 2. The highest BCUT2D eigenvalue weighted by molar-refractivity contribution is 7.99. The fourth-order valence-corrected chi connectivity index (χ4v) is 4.32. The topological polar surface area (TPSA) is 41.9 Å². The Kier molecular flexibility index (Phi) is 4.89. The van der Waals surface area contributed by atoms with Crippen LogP contribution >= 0.6 is 11.8 Å². The number of rotatable bonds is 6. The molecule has 2 aromatic carbocycles. The molecule has 0 bridgehead atoms. The molecule has 0 unspecified atom stereocenters. The van der Waals surface area contributed by atoms with E-state index in [0.29, 0.717) is 0 Å². The predicted octanol–water partition coefficient (Wildman–Crippen LogP) is 5.19. The van der Waals surface area contributed by atoms with Crippen molar-refractivity contribution in [2.45, 2.75) is 25.5 Å². The summed E-state index contributed by atoms with van der Waals surface area (Å²) < 4.78 is 2.36. The number of imidazole rings is 1. The van der Waals surface area contributed by atoms with E-state index in [9.17, 15) is 0 Å². The van der Waals surface area contributed by atoms with E-state index >= 15 is 0 Å². The molecule has 2 N–H and O–H groups in total. The Morgan fingerprint density at radius 2 is 1.46 bits per heavy atom. The summed E-state index contributed by atoms with van der Waals surface area (Å²) >= 11 is 1.84. The highest BCUT2D eigenvalue weighted by atomic mass is 32.2. The molecule has 1 aliphatic heterocycles.